The van der Waals surface area contributed by atoms with E-state index in [1.54, 1.807) is 13.2 Å². The van der Waals surface area contributed by atoms with E-state index in [-0.39, 0.29) is 0 Å². The first kappa shape index (κ1) is 16.8. The summed E-state index contributed by atoms with van der Waals surface area (Å²) < 4.78 is 13.0. The van der Waals surface area contributed by atoms with E-state index in [0.717, 1.165) is 57.3 Å². The fourth-order valence-electron chi connectivity index (χ4n) is 2.34. The van der Waals surface area contributed by atoms with Crippen LogP contribution in [0.25, 0.3) is 0 Å². The standard InChI is InChI=1S/C15H27N5O2/c1-16-15(18-12-13-4-8-19-20(13)2)17-7-3-9-22-14-5-10-21-11-6-14/h4,8,14H,3,5-7,9-12H2,1-2H3,(H2,16,17,18). The van der Waals surface area contributed by atoms with Gasteiger partial charge in [-0.25, -0.2) is 0 Å². The van der Waals surface area contributed by atoms with Crippen molar-refractivity contribution in [3.8, 4) is 0 Å². The number of aryl methyl sites for hydroxylation is 1. The predicted molar refractivity (Wildman–Crippen MR) is 85.8 cm³/mol. The lowest BCUT2D eigenvalue weighted by atomic mass is 10.1. The van der Waals surface area contributed by atoms with E-state index in [1.807, 2.05) is 17.8 Å². The topological polar surface area (TPSA) is 72.7 Å². The third kappa shape index (κ3) is 5.65. The van der Waals surface area contributed by atoms with E-state index >= 15 is 0 Å². The van der Waals surface area contributed by atoms with Crippen LogP contribution in [0.1, 0.15) is 25.0 Å². The second-order valence-corrected chi connectivity index (χ2v) is 5.33. The van der Waals surface area contributed by atoms with Crippen molar-refractivity contribution in [1.29, 1.82) is 0 Å². The van der Waals surface area contributed by atoms with Crippen LogP contribution in [0.3, 0.4) is 0 Å². The number of guanidine groups is 1. The highest BCUT2D eigenvalue weighted by molar-refractivity contribution is 5.79. The largest absolute Gasteiger partial charge is 0.381 e. The first-order chi connectivity index (χ1) is 10.8. The van der Waals surface area contributed by atoms with Crippen molar-refractivity contribution in [2.45, 2.75) is 31.9 Å². The van der Waals surface area contributed by atoms with E-state index in [2.05, 4.69) is 20.7 Å². The van der Waals surface area contributed by atoms with Crippen molar-refractivity contribution in [2.75, 3.05) is 33.4 Å². The molecule has 1 aliphatic heterocycles. The summed E-state index contributed by atoms with van der Waals surface area (Å²) in [6.07, 6.45) is 5.16. The van der Waals surface area contributed by atoms with Gasteiger partial charge in [0, 0.05) is 46.7 Å². The highest BCUT2D eigenvalue weighted by Crippen LogP contribution is 2.10. The molecule has 1 saturated heterocycles. The summed E-state index contributed by atoms with van der Waals surface area (Å²) in [5, 5.41) is 10.7. The number of aliphatic imine (C=N–C) groups is 1. The van der Waals surface area contributed by atoms with Crippen LogP contribution >= 0.6 is 0 Å². The van der Waals surface area contributed by atoms with Gasteiger partial charge in [-0.1, -0.05) is 0 Å². The van der Waals surface area contributed by atoms with E-state index in [9.17, 15) is 0 Å². The van der Waals surface area contributed by atoms with E-state index in [0.29, 0.717) is 12.6 Å². The smallest absolute Gasteiger partial charge is 0.191 e. The maximum absolute atomic E-state index is 5.84. The van der Waals surface area contributed by atoms with Crippen LogP contribution in [0, 0.1) is 0 Å². The molecule has 0 unspecified atom stereocenters. The molecule has 7 nitrogen and oxygen atoms in total. The average Bonchev–Trinajstić information content (AvgIpc) is 2.96. The minimum atomic E-state index is 0.371. The fourth-order valence-corrected chi connectivity index (χ4v) is 2.34. The molecule has 0 spiro atoms. The summed E-state index contributed by atoms with van der Waals surface area (Å²) in [7, 11) is 3.71. The Labute approximate surface area is 132 Å². The lowest BCUT2D eigenvalue weighted by Gasteiger charge is -2.22. The summed E-state index contributed by atoms with van der Waals surface area (Å²) >= 11 is 0. The molecule has 1 fully saturated rings. The Morgan fingerprint density at radius 2 is 2.27 bits per heavy atom. The molecule has 0 bridgehead atoms. The Balaban J connectivity index is 1.55. The van der Waals surface area contributed by atoms with Crippen molar-refractivity contribution < 1.29 is 9.47 Å². The van der Waals surface area contributed by atoms with Crippen LogP contribution < -0.4 is 10.6 Å². The second-order valence-electron chi connectivity index (χ2n) is 5.33. The molecule has 22 heavy (non-hydrogen) atoms. The lowest BCUT2D eigenvalue weighted by Crippen LogP contribution is -2.38. The van der Waals surface area contributed by atoms with E-state index in [1.165, 1.54) is 0 Å². The molecule has 0 amide bonds. The van der Waals surface area contributed by atoms with Gasteiger partial charge in [0.05, 0.1) is 18.3 Å². The van der Waals surface area contributed by atoms with Gasteiger partial charge in [-0.05, 0) is 25.3 Å². The minimum absolute atomic E-state index is 0.371. The third-order valence-corrected chi connectivity index (χ3v) is 3.72. The van der Waals surface area contributed by atoms with Crippen molar-refractivity contribution in [2.24, 2.45) is 12.0 Å². The molecule has 0 atom stereocenters. The monoisotopic (exact) mass is 309 g/mol. The molecular weight excluding hydrogens is 282 g/mol. The Hall–Kier alpha value is -1.60. The maximum Gasteiger partial charge on any atom is 0.191 e. The van der Waals surface area contributed by atoms with Crippen LogP contribution in [0.15, 0.2) is 17.3 Å². The highest BCUT2D eigenvalue weighted by atomic mass is 16.5. The molecule has 2 N–H and O–H groups in total. The van der Waals surface area contributed by atoms with Gasteiger partial charge in [-0.2, -0.15) is 5.10 Å². The van der Waals surface area contributed by atoms with Gasteiger partial charge in [0.1, 0.15) is 0 Å². The second kappa shape index (κ2) is 9.42. The van der Waals surface area contributed by atoms with Crippen LogP contribution in [-0.4, -0.2) is 55.3 Å². The van der Waals surface area contributed by atoms with Gasteiger partial charge in [0.2, 0.25) is 0 Å². The molecule has 2 rings (SSSR count). The first-order valence-corrected chi connectivity index (χ1v) is 7.90. The van der Waals surface area contributed by atoms with Crippen LogP contribution in [0.2, 0.25) is 0 Å². The summed E-state index contributed by atoms with van der Waals surface area (Å²) in [6, 6.07) is 1.99. The summed E-state index contributed by atoms with van der Waals surface area (Å²) in [4.78, 5) is 4.21. The summed E-state index contributed by atoms with van der Waals surface area (Å²) in [5.41, 5.74) is 1.12. The zero-order valence-electron chi connectivity index (χ0n) is 13.5. The number of aromatic nitrogens is 2. The molecule has 0 aromatic carbocycles. The molecular formula is C15H27N5O2. The molecule has 2 heterocycles. The van der Waals surface area contributed by atoms with Crippen molar-refractivity contribution in [3.05, 3.63) is 18.0 Å². The van der Waals surface area contributed by atoms with Crippen LogP contribution in [0.5, 0.6) is 0 Å². The normalized spacial score (nSPS) is 16.7. The lowest BCUT2D eigenvalue weighted by molar-refractivity contribution is -0.0320. The number of rotatable bonds is 7. The third-order valence-electron chi connectivity index (χ3n) is 3.72. The molecule has 0 radical (unpaired) electrons. The fraction of sp³-hybridized carbons (Fsp3) is 0.733. The Bertz CT molecular complexity index is 455. The first-order valence-electron chi connectivity index (χ1n) is 7.90. The van der Waals surface area contributed by atoms with Gasteiger partial charge in [-0.3, -0.25) is 9.67 Å². The summed E-state index contributed by atoms with van der Waals surface area (Å²) in [5.74, 6) is 0.798. The zero-order valence-corrected chi connectivity index (χ0v) is 13.5. The molecule has 124 valence electrons. The van der Waals surface area contributed by atoms with Gasteiger partial charge in [0.15, 0.2) is 5.96 Å². The van der Waals surface area contributed by atoms with Gasteiger partial charge < -0.3 is 20.1 Å². The number of nitrogens with zero attached hydrogens (tertiary/aromatic N) is 3. The Morgan fingerprint density at radius 3 is 2.95 bits per heavy atom. The van der Waals surface area contributed by atoms with Crippen molar-refractivity contribution in [1.82, 2.24) is 20.4 Å². The maximum atomic E-state index is 5.84. The van der Waals surface area contributed by atoms with E-state index < -0.39 is 0 Å². The van der Waals surface area contributed by atoms with Crippen LogP contribution in [-0.2, 0) is 23.1 Å². The number of ether oxygens (including phenoxy) is 2. The molecule has 0 aliphatic carbocycles. The Kier molecular flexibility index (Phi) is 7.18. The average molecular weight is 309 g/mol. The number of hydrogen-bond acceptors (Lipinski definition) is 4. The molecule has 1 aromatic rings. The number of nitrogens with one attached hydrogen (secondary N) is 2. The quantitative estimate of drug-likeness (QED) is 0.440. The zero-order chi connectivity index (χ0) is 15.6. The number of hydrogen-bond donors (Lipinski definition) is 2. The SMILES string of the molecule is CN=C(NCCCOC1CCOCC1)NCc1ccnn1C. The van der Waals surface area contributed by atoms with E-state index in [4.69, 9.17) is 9.47 Å². The Morgan fingerprint density at radius 1 is 1.45 bits per heavy atom. The van der Waals surface area contributed by atoms with Crippen molar-refractivity contribution >= 4 is 5.96 Å². The molecule has 1 aromatic heterocycles. The van der Waals surface area contributed by atoms with Gasteiger partial charge in [-0.15, -0.1) is 0 Å². The van der Waals surface area contributed by atoms with Gasteiger partial charge >= 0.3 is 0 Å². The summed E-state index contributed by atoms with van der Waals surface area (Å²) in [6.45, 7) is 3.97. The molecule has 7 heteroatoms. The molecule has 1 aliphatic rings. The highest BCUT2D eigenvalue weighted by Gasteiger charge is 2.13. The molecule has 0 saturated carbocycles. The van der Waals surface area contributed by atoms with Gasteiger partial charge in [0.25, 0.3) is 0 Å². The predicted octanol–water partition coefficient (Wildman–Crippen LogP) is 0.671. The van der Waals surface area contributed by atoms with Crippen LogP contribution in [0.4, 0.5) is 0 Å². The minimum Gasteiger partial charge on any atom is -0.381 e. The van der Waals surface area contributed by atoms with Crippen molar-refractivity contribution in [3.63, 3.8) is 0 Å².